The molecule has 0 aromatic rings. The SMILES string of the molecule is C[C@]1(Cl)C(Cl)=C(Cl)C(Cl)=C(Cl)[C@@](C)(Cl)C1(Cl)Cl. The molecular weight excluding hydrogens is 392 g/mol. The van der Waals surface area contributed by atoms with Crippen LogP contribution in [0.25, 0.3) is 0 Å². The maximum atomic E-state index is 6.26. The Kier molecular flexibility index (Phi) is 4.93. The first-order chi connectivity index (χ1) is 7.39. The van der Waals surface area contributed by atoms with Gasteiger partial charge in [-0.1, -0.05) is 69.6 Å². The van der Waals surface area contributed by atoms with Gasteiger partial charge in [-0.3, -0.25) is 0 Å². The van der Waals surface area contributed by atoms with E-state index in [9.17, 15) is 0 Å². The highest BCUT2D eigenvalue weighted by Crippen LogP contribution is 2.61. The molecule has 0 aromatic carbocycles. The first kappa shape index (κ1) is 16.9. The summed E-state index contributed by atoms with van der Waals surface area (Å²) in [6, 6.07) is 0. The van der Waals surface area contributed by atoms with Gasteiger partial charge in [-0.25, -0.2) is 0 Å². The minimum atomic E-state index is -1.71. The van der Waals surface area contributed by atoms with Crippen LogP contribution in [0.1, 0.15) is 13.8 Å². The van der Waals surface area contributed by atoms with Gasteiger partial charge in [-0.05, 0) is 13.8 Å². The van der Waals surface area contributed by atoms with Gasteiger partial charge >= 0.3 is 0 Å². The van der Waals surface area contributed by atoms with Crippen molar-refractivity contribution in [2.75, 3.05) is 0 Å². The molecule has 1 aliphatic carbocycles. The Morgan fingerprint density at radius 1 is 0.647 bits per heavy atom. The van der Waals surface area contributed by atoms with E-state index in [1.165, 1.54) is 13.8 Å². The number of hydrogen-bond acceptors (Lipinski definition) is 0. The van der Waals surface area contributed by atoms with Gasteiger partial charge in [0.25, 0.3) is 0 Å². The van der Waals surface area contributed by atoms with Crippen LogP contribution in [0.4, 0.5) is 0 Å². The van der Waals surface area contributed by atoms with Crippen LogP contribution >= 0.6 is 92.8 Å². The Morgan fingerprint density at radius 2 is 0.882 bits per heavy atom. The monoisotopic (exact) mass is 394 g/mol. The van der Waals surface area contributed by atoms with Crippen LogP contribution in [0.15, 0.2) is 20.1 Å². The molecular formula is C9H6Cl8. The third-order valence-corrected chi connectivity index (χ3v) is 7.80. The molecule has 0 unspecified atom stereocenters. The second-order valence-electron chi connectivity index (χ2n) is 3.84. The molecule has 0 nitrogen and oxygen atoms in total. The highest BCUT2D eigenvalue weighted by Gasteiger charge is 2.62. The first-order valence-corrected chi connectivity index (χ1v) is 7.29. The van der Waals surface area contributed by atoms with E-state index >= 15 is 0 Å². The summed E-state index contributed by atoms with van der Waals surface area (Å²) >= 11 is 49.0. The van der Waals surface area contributed by atoms with E-state index in [1.54, 1.807) is 0 Å². The molecule has 0 saturated carbocycles. The molecule has 0 bridgehead atoms. The lowest BCUT2D eigenvalue weighted by molar-refractivity contribution is 0.548. The summed E-state index contributed by atoms with van der Waals surface area (Å²) in [7, 11) is 0. The Balaban J connectivity index is 3.71. The van der Waals surface area contributed by atoms with Crippen molar-refractivity contribution in [2.24, 2.45) is 0 Å². The van der Waals surface area contributed by atoms with Gasteiger partial charge in [0.15, 0.2) is 4.33 Å². The van der Waals surface area contributed by atoms with Crippen LogP contribution in [-0.4, -0.2) is 14.1 Å². The fourth-order valence-corrected chi connectivity index (χ4v) is 3.74. The van der Waals surface area contributed by atoms with Crippen molar-refractivity contribution in [1.29, 1.82) is 0 Å². The topological polar surface area (TPSA) is 0 Å². The summed E-state index contributed by atoms with van der Waals surface area (Å²) in [6.07, 6.45) is 0. The Bertz CT molecular complexity index is 377. The lowest BCUT2D eigenvalue weighted by atomic mass is 9.95. The van der Waals surface area contributed by atoms with E-state index in [0.29, 0.717) is 0 Å². The van der Waals surface area contributed by atoms with Gasteiger partial charge in [0.05, 0.1) is 20.1 Å². The molecule has 17 heavy (non-hydrogen) atoms. The highest BCUT2D eigenvalue weighted by atomic mass is 35.5. The molecule has 1 rings (SSSR count). The first-order valence-electron chi connectivity index (χ1n) is 4.26. The van der Waals surface area contributed by atoms with E-state index in [1.807, 2.05) is 0 Å². The zero-order chi connectivity index (χ0) is 13.8. The van der Waals surface area contributed by atoms with Crippen LogP contribution in [0.3, 0.4) is 0 Å². The lowest BCUT2D eigenvalue weighted by Crippen LogP contribution is -2.52. The van der Waals surface area contributed by atoms with Crippen LogP contribution in [-0.2, 0) is 0 Å². The predicted molar refractivity (Wildman–Crippen MR) is 80.4 cm³/mol. The molecule has 0 N–H and O–H groups in total. The molecule has 8 heteroatoms. The molecule has 0 spiro atoms. The molecule has 0 aromatic heterocycles. The largest absolute Gasteiger partial charge is 0.165 e. The van der Waals surface area contributed by atoms with Crippen molar-refractivity contribution < 1.29 is 0 Å². The van der Waals surface area contributed by atoms with E-state index < -0.39 is 14.1 Å². The molecule has 1 aliphatic rings. The second kappa shape index (κ2) is 4.97. The summed E-state index contributed by atoms with van der Waals surface area (Å²) in [5.41, 5.74) is 0. The Morgan fingerprint density at radius 3 is 1.12 bits per heavy atom. The fraction of sp³-hybridized carbons (Fsp3) is 0.556. The quantitative estimate of drug-likeness (QED) is 0.407. The molecule has 0 heterocycles. The van der Waals surface area contributed by atoms with Crippen LogP contribution < -0.4 is 0 Å². The van der Waals surface area contributed by atoms with E-state index in [-0.39, 0.29) is 20.1 Å². The Labute approximate surface area is 140 Å². The van der Waals surface area contributed by atoms with Crippen LogP contribution in [0.5, 0.6) is 0 Å². The number of allylic oxidation sites excluding steroid dienone is 4. The number of rotatable bonds is 0. The standard InChI is InChI=1S/C9H6Cl8/c1-7(14)5(12)3(10)4(11)6(13)8(2,15)9(7,16)17/h1-2H3/t7-,8+. The van der Waals surface area contributed by atoms with E-state index in [4.69, 9.17) is 92.8 Å². The summed E-state index contributed by atoms with van der Waals surface area (Å²) in [4.78, 5) is -2.88. The molecule has 0 aliphatic heterocycles. The van der Waals surface area contributed by atoms with Crippen molar-refractivity contribution in [3.05, 3.63) is 20.1 Å². The normalized spacial score (nSPS) is 38.5. The van der Waals surface area contributed by atoms with Gasteiger partial charge in [-0.15, -0.1) is 23.2 Å². The maximum Gasteiger partial charge on any atom is 0.165 e. The minimum Gasteiger partial charge on any atom is -0.110 e. The van der Waals surface area contributed by atoms with Gasteiger partial charge in [0.1, 0.15) is 9.75 Å². The van der Waals surface area contributed by atoms with Crippen molar-refractivity contribution in [1.82, 2.24) is 0 Å². The van der Waals surface area contributed by atoms with Crippen molar-refractivity contribution >= 4 is 92.8 Å². The van der Waals surface area contributed by atoms with E-state index in [2.05, 4.69) is 0 Å². The zero-order valence-electron chi connectivity index (χ0n) is 8.52. The zero-order valence-corrected chi connectivity index (χ0v) is 14.6. The fourth-order valence-electron chi connectivity index (χ4n) is 1.32. The number of alkyl halides is 4. The average molecular weight is 398 g/mol. The third kappa shape index (κ3) is 2.32. The number of hydrogen-bond donors (Lipinski definition) is 0. The summed E-state index contributed by atoms with van der Waals surface area (Å²) in [5, 5.41) is -0.0755. The summed E-state index contributed by atoms with van der Waals surface area (Å²) in [5.74, 6) is 0. The van der Waals surface area contributed by atoms with Crippen molar-refractivity contribution in [3.63, 3.8) is 0 Å². The van der Waals surface area contributed by atoms with Gasteiger partial charge < -0.3 is 0 Å². The predicted octanol–water partition coefficient (Wildman–Crippen LogP) is 6.55. The number of halogens is 8. The van der Waals surface area contributed by atoms with Crippen LogP contribution in [0.2, 0.25) is 0 Å². The van der Waals surface area contributed by atoms with Crippen LogP contribution in [0, 0.1) is 0 Å². The Hall–Kier alpha value is 1.80. The van der Waals surface area contributed by atoms with Crippen molar-refractivity contribution in [3.8, 4) is 0 Å². The maximum absolute atomic E-state index is 6.26. The van der Waals surface area contributed by atoms with Crippen molar-refractivity contribution in [2.45, 2.75) is 27.9 Å². The third-order valence-electron chi connectivity index (χ3n) is 2.58. The molecule has 98 valence electrons. The summed E-state index contributed by atoms with van der Waals surface area (Å²) < 4.78 is -1.71. The molecule has 0 saturated heterocycles. The molecule has 0 amide bonds. The van der Waals surface area contributed by atoms with Gasteiger partial charge in [0, 0.05) is 0 Å². The van der Waals surface area contributed by atoms with Gasteiger partial charge in [-0.2, -0.15) is 0 Å². The smallest absolute Gasteiger partial charge is 0.110 e. The van der Waals surface area contributed by atoms with E-state index in [0.717, 1.165) is 0 Å². The molecule has 0 fully saturated rings. The second-order valence-corrected chi connectivity index (χ2v) is 8.19. The lowest BCUT2D eigenvalue weighted by Gasteiger charge is -2.42. The summed E-state index contributed by atoms with van der Waals surface area (Å²) in [6.45, 7) is 2.97. The average Bonchev–Trinajstić information content (AvgIpc) is 2.24. The molecule has 0 radical (unpaired) electrons. The molecule has 2 atom stereocenters. The minimum absolute atomic E-state index is 0.0154. The van der Waals surface area contributed by atoms with Gasteiger partial charge in [0.2, 0.25) is 0 Å². The highest BCUT2D eigenvalue weighted by molar-refractivity contribution is 6.64.